The van der Waals surface area contributed by atoms with Gasteiger partial charge in [-0.25, -0.2) is 24.2 Å². The molecule has 27 heavy (non-hydrogen) atoms. The molecule has 0 spiro atoms. The molecular formula is C15H15ClFN7O3. The number of hydrogen-bond donors (Lipinski definition) is 3. The maximum Gasteiger partial charge on any atom is 0.426 e. The van der Waals surface area contributed by atoms with Crippen molar-refractivity contribution in [3.05, 3.63) is 29.0 Å². The van der Waals surface area contributed by atoms with Crippen molar-refractivity contribution >= 4 is 46.3 Å². The van der Waals surface area contributed by atoms with E-state index in [1.165, 1.54) is 18.2 Å². The molecule has 0 fully saturated rings. The highest BCUT2D eigenvalue weighted by Gasteiger charge is 2.18. The lowest BCUT2D eigenvalue weighted by molar-refractivity contribution is 0.0541. The summed E-state index contributed by atoms with van der Waals surface area (Å²) in [5.41, 5.74) is 4.94. The molecule has 0 aliphatic carbocycles. The van der Waals surface area contributed by atoms with Crippen LogP contribution >= 0.6 is 11.6 Å². The van der Waals surface area contributed by atoms with Gasteiger partial charge in [0, 0.05) is 5.69 Å². The van der Waals surface area contributed by atoms with Crippen LogP contribution in [0.3, 0.4) is 0 Å². The average Bonchev–Trinajstić information content (AvgIpc) is 3.01. The van der Waals surface area contributed by atoms with Crippen molar-refractivity contribution in [3.8, 4) is 0 Å². The summed E-state index contributed by atoms with van der Waals surface area (Å²) in [7, 11) is 0. The van der Waals surface area contributed by atoms with E-state index >= 15 is 0 Å². The Labute approximate surface area is 157 Å². The van der Waals surface area contributed by atoms with Crippen molar-refractivity contribution in [1.29, 1.82) is 0 Å². The lowest BCUT2D eigenvalue weighted by atomic mass is 10.2. The molecule has 0 radical (unpaired) electrons. The number of hydrazine groups is 1. The molecule has 0 aliphatic heterocycles. The van der Waals surface area contributed by atoms with Gasteiger partial charge in [-0.1, -0.05) is 11.6 Å². The Bertz CT molecular complexity index is 989. The van der Waals surface area contributed by atoms with Crippen LogP contribution in [-0.2, 0) is 4.74 Å². The van der Waals surface area contributed by atoms with Crippen molar-refractivity contribution < 1.29 is 18.6 Å². The van der Waals surface area contributed by atoms with Gasteiger partial charge in [-0.15, -0.1) is 0 Å². The van der Waals surface area contributed by atoms with E-state index in [0.717, 1.165) is 0 Å². The fourth-order valence-electron chi connectivity index (χ4n) is 1.94. The predicted molar refractivity (Wildman–Crippen MR) is 95.1 cm³/mol. The topological polar surface area (TPSA) is 127 Å². The highest BCUT2D eigenvalue weighted by atomic mass is 35.5. The summed E-state index contributed by atoms with van der Waals surface area (Å²) in [5.74, 6) is -0.296. The Morgan fingerprint density at radius 3 is 2.48 bits per heavy atom. The van der Waals surface area contributed by atoms with E-state index in [4.69, 9.17) is 16.3 Å². The molecule has 3 rings (SSSR count). The summed E-state index contributed by atoms with van der Waals surface area (Å²) in [5, 5.41) is 10.0. The summed E-state index contributed by atoms with van der Waals surface area (Å²) >= 11 is 5.78. The van der Waals surface area contributed by atoms with Gasteiger partial charge in [0.25, 0.3) is 0 Å². The lowest BCUT2D eigenvalue weighted by Crippen LogP contribution is -2.36. The number of halogens is 2. The van der Waals surface area contributed by atoms with Crippen LogP contribution in [0.4, 0.5) is 26.5 Å². The minimum atomic E-state index is -0.724. The first kappa shape index (κ1) is 18.6. The van der Waals surface area contributed by atoms with Crippen molar-refractivity contribution in [2.24, 2.45) is 0 Å². The third kappa shape index (κ3) is 4.70. The maximum atomic E-state index is 13.3. The predicted octanol–water partition coefficient (Wildman–Crippen LogP) is 3.40. The summed E-state index contributed by atoms with van der Waals surface area (Å²) in [6.07, 6.45) is -0.724. The Balaban J connectivity index is 1.85. The molecule has 3 N–H and O–H groups in total. The zero-order chi connectivity index (χ0) is 19.6. The summed E-state index contributed by atoms with van der Waals surface area (Å²) in [6.45, 7) is 5.18. The number of benzene rings is 1. The highest BCUT2D eigenvalue weighted by Crippen LogP contribution is 2.26. The number of carbonyl (C=O) groups excluding carboxylic acids is 1. The molecular weight excluding hydrogens is 381 g/mol. The smallest absolute Gasteiger partial charge is 0.426 e. The first-order valence-electron chi connectivity index (χ1n) is 7.69. The number of nitrogens with zero attached hydrogens (tertiary/aromatic N) is 4. The van der Waals surface area contributed by atoms with E-state index in [9.17, 15) is 9.18 Å². The molecule has 12 heteroatoms. The van der Waals surface area contributed by atoms with Gasteiger partial charge in [-0.2, -0.15) is 4.98 Å². The quantitative estimate of drug-likeness (QED) is 0.569. The fourth-order valence-corrected chi connectivity index (χ4v) is 2.12. The summed E-state index contributed by atoms with van der Waals surface area (Å²) < 4.78 is 23.1. The van der Waals surface area contributed by atoms with Gasteiger partial charge in [0.15, 0.2) is 11.6 Å². The van der Waals surface area contributed by atoms with Crippen LogP contribution in [0, 0.1) is 5.82 Å². The maximum absolute atomic E-state index is 13.3. The van der Waals surface area contributed by atoms with E-state index in [-0.39, 0.29) is 28.0 Å². The third-order valence-corrected chi connectivity index (χ3v) is 3.27. The number of nitrogens with one attached hydrogen (secondary N) is 3. The van der Waals surface area contributed by atoms with Crippen LogP contribution in [0.15, 0.2) is 22.8 Å². The molecule has 1 aromatic carbocycles. The fraction of sp³-hybridized carbons (Fsp3) is 0.267. The van der Waals surface area contributed by atoms with E-state index < -0.39 is 17.5 Å². The van der Waals surface area contributed by atoms with Crippen LogP contribution < -0.4 is 16.2 Å². The number of carbonyl (C=O) groups is 1. The summed E-state index contributed by atoms with van der Waals surface area (Å²) in [4.78, 5) is 20.2. The van der Waals surface area contributed by atoms with Gasteiger partial charge >= 0.3 is 6.09 Å². The van der Waals surface area contributed by atoms with Crippen molar-refractivity contribution in [3.63, 3.8) is 0 Å². The van der Waals surface area contributed by atoms with E-state index in [1.807, 2.05) is 0 Å². The number of fused-ring (bicyclic) bond motifs is 1. The second-order valence-corrected chi connectivity index (χ2v) is 6.75. The summed E-state index contributed by atoms with van der Waals surface area (Å²) in [6, 6.07) is 4.02. The van der Waals surface area contributed by atoms with Gasteiger partial charge in [0.05, 0.1) is 5.02 Å². The number of amides is 1. The molecule has 1 amide bonds. The Morgan fingerprint density at radius 1 is 1.19 bits per heavy atom. The second kappa shape index (κ2) is 7.19. The second-order valence-electron chi connectivity index (χ2n) is 6.34. The van der Waals surface area contributed by atoms with Gasteiger partial charge in [0.1, 0.15) is 11.4 Å². The molecule has 2 heterocycles. The van der Waals surface area contributed by atoms with E-state index in [0.29, 0.717) is 5.69 Å². The Morgan fingerprint density at radius 2 is 1.85 bits per heavy atom. The molecule has 10 nitrogen and oxygen atoms in total. The standard InChI is InChI=1S/C15H15ClFN7O3/c1-15(2,3)26-14(25)22-21-11-10(19-12-13(20-11)24-27-23-12)18-7-4-5-9(17)8(16)6-7/h4-6H,1-3H3,(H,22,25)(H,18,19,23)(H,20,21,24). The molecule has 0 aliphatic rings. The highest BCUT2D eigenvalue weighted by molar-refractivity contribution is 6.31. The number of rotatable bonds is 4. The molecule has 3 aromatic rings. The zero-order valence-corrected chi connectivity index (χ0v) is 15.3. The van der Waals surface area contributed by atoms with Crippen LogP contribution in [0.25, 0.3) is 11.3 Å². The average molecular weight is 396 g/mol. The van der Waals surface area contributed by atoms with Crippen molar-refractivity contribution in [1.82, 2.24) is 25.7 Å². The SMILES string of the molecule is CC(C)(C)OC(=O)NNc1nc2nonc2nc1Nc1ccc(F)c(Cl)c1. The molecule has 142 valence electrons. The molecule has 0 bridgehead atoms. The zero-order valence-electron chi connectivity index (χ0n) is 14.5. The number of anilines is 3. The van der Waals surface area contributed by atoms with Gasteiger partial charge in [-0.3, -0.25) is 5.43 Å². The van der Waals surface area contributed by atoms with Gasteiger partial charge < -0.3 is 10.1 Å². The lowest BCUT2D eigenvalue weighted by Gasteiger charge is -2.20. The van der Waals surface area contributed by atoms with Crippen LogP contribution in [0.2, 0.25) is 5.02 Å². The van der Waals surface area contributed by atoms with Crippen LogP contribution in [0.5, 0.6) is 0 Å². The monoisotopic (exact) mass is 395 g/mol. The first-order valence-corrected chi connectivity index (χ1v) is 8.06. The molecule has 0 atom stereocenters. The Hall–Kier alpha value is -3.21. The van der Waals surface area contributed by atoms with Gasteiger partial charge in [-0.05, 0) is 49.3 Å². The number of aromatic nitrogens is 4. The largest absolute Gasteiger partial charge is 0.443 e. The molecule has 2 aromatic heterocycles. The molecule has 0 saturated carbocycles. The number of hydrogen-bond acceptors (Lipinski definition) is 9. The normalized spacial score (nSPS) is 11.3. The first-order chi connectivity index (χ1) is 12.7. The molecule has 0 saturated heterocycles. The third-order valence-electron chi connectivity index (χ3n) is 2.98. The van der Waals surface area contributed by atoms with E-state index in [2.05, 4.69) is 41.1 Å². The minimum absolute atomic E-state index is 0.0708. The minimum Gasteiger partial charge on any atom is -0.443 e. The van der Waals surface area contributed by atoms with Crippen molar-refractivity contribution in [2.45, 2.75) is 26.4 Å². The number of ether oxygens (including phenoxy) is 1. The van der Waals surface area contributed by atoms with Gasteiger partial charge in [0.2, 0.25) is 11.3 Å². The van der Waals surface area contributed by atoms with Crippen LogP contribution in [-0.4, -0.2) is 32.0 Å². The van der Waals surface area contributed by atoms with Crippen molar-refractivity contribution in [2.75, 3.05) is 10.7 Å². The van der Waals surface area contributed by atoms with E-state index in [1.54, 1.807) is 20.8 Å². The Kier molecular flexibility index (Phi) is 4.95. The molecule has 0 unspecified atom stereocenters. The van der Waals surface area contributed by atoms with Crippen LogP contribution in [0.1, 0.15) is 20.8 Å².